The predicted octanol–water partition coefficient (Wildman–Crippen LogP) is 3.17. The zero-order valence-electron chi connectivity index (χ0n) is 11.7. The first-order valence-electron chi connectivity index (χ1n) is 6.95. The Labute approximate surface area is 126 Å². The molecule has 22 heavy (non-hydrogen) atoms. The number of benzene rings is 2. The molecule has 1 N–H and O–H groups in total. The SMILES string of the molecule is OCc1nc(-c2nn(-c3ccccc3)c3ccccc23)co1. The second-order valence-electron chi connectivity index (χ2n) is 4.90. The molecule has 0 fully saturated rings. The summed E-state index contributed by atoms with van der Waals surface area (Å²) in [5, 5.41) is 14.8. The van der Waals surface area contributed by atoms with Crippen LogP contribution in [0.15, 0.2) is 65.3 Å². The van der Waals surface area contributed by atoms with Gasteiger partial charge >= 0.3 is 0 Å². The smallest absolute Gasteiger partial charge is 0.220 e. The van der Waals surface area contributed by atoms with Crippen molar-refractivity contribution in [1.29, 1.82) is 0 Å². The van der Waals surface area contributed by atoms with Crippen molar-refractivity contribution in [3.63, 3.8) is 0 Å². The molecule has 0 amide bonds. The number of fused-ring (bicyclic) bond motifs is 1. The number of aromatic nitrogens is 3. The molecule has 2 aromatic heterocycles. The highest BCUT2D eigenvalue weighted by atomic mass is 16.4. The highest BCUT2D eigenvalue weighted by Gasteiger charge is 2.16. The first kappa shape index (κ1) is 12.8. The van der Waals surface area contributed by atoms with E-state index in [1.807, 2.05) is 59.3 Å². The zero-order chi connectivity index (χ0) is 14.9. The maximum absolute atomic E-state index is 9.11. The number of para-hydroxylation sites is 2. The molecule has 0 spiro atoms. The van der Waals surface area contributed by atoms with Gasteiger partial charge in [-0.2, -0.15) is 5.10 Å². The lowest BCUT2D eigenvalue weighted by molar-refractivity contribution is 0.240. The Morgan fingerprint density at radius 3 is 2.55 bits per heavy atom. The first-order valence-corrected chi connectivity index (χ1v) is 6.95. The lowest BCUT2D eigenvalue weighted by Crippen LogP contribution is -1.95. The largest absolute Gasteiger partial charge is 0.446 e. The lowest BCUT2D eigenvalue weighted by atomic mass is 10.2. The molecule has 5 heteroatoms. The summed E-state index contributed by atoms with van der Waals surface area (Å²) >= 11 is 0. The molecule has 0 atom stereocenters. The summed E-state index contributed by atoms with van der Waals surface area (Å²) < 4.78 is 7.11. The van der Waals surface area contributed by atoms with Gasteiger partial charge in [-0.25, -0.2) is 9.67 Å². The maximum atomic E-state index is 9.11. The van der Waals surface area contributed by atoms with Crippen LogP contribution < -0.4 is 0 Å². The molecule has 4 rings (SSSR count). The summed E-state index contributed by atoms with van der Waals surface area (Å²) in [6, 6.07) is 17.9. The van der Waals surface area contributed by atoms with E-state index in [2.05, 4.69) is 10.1 Å². The lowest BCUT2D eigenvalue weighted by Gasteiger charge is -2.01. The molecule has 2 aromatic carbocycles. The van der Waals surface area contributed by atoms with E-state index in [9.17, 15) is 0 Å². The molecule has 0 aliphatic carbocycles. The van der Waals surface area contributed by atoms with Crippen LogP contribution in [-0.4, -0.2) is 19.9 Å². The minimum Gasteiger partial charge on any atom is -0.446 e. The van der Waals surface area contributed by atoms with Crippen molar-refractivity contribution in [2.75, 3.05) is 0 Å². The third-order valence-corrected chi connectivity index (χ3v) is 3.52. The van der Waals surface area contributed by atoms with E-state index in [0.29, 0.717) is 5.69 Å². The molecule has 0 unspecified atom stereocenters. The van der Waals surface area contributed by atoms with Gasteiger partial charge < -0.3 is 9.52 Å². The van der Waals surface area contributed by atoms with Gasteiger partial charge in [-0.1, -0.05) is 36.4 Å². The van der Waals surface area contributed by atoms with Crippen LogP contribution in [0.3, 0.4) is 0 Å². The molecule has 2 heterocycles. The fraction of sp³-hybridized carbons (Fsp3) is 0.0588. The average Bonchev–Trinajstić information content (AvgIpc) is 3.20. The molecular weight excluding hydrogens is 278 g/mol. The highest BCUT2D eigenvalue weighted by Crippen LogP contribution is 2.29. The van der Waals surface area contributed by atoms with E-state index in [-0.39, 0.29) is 12.5 Å². The topological polar surface area (TPSA) is 64.1 Å². The second kappa shape index (κ2) is 5.13. The molecule has 5 nitrogen and oxygen atoms in total. The maximum Gasteiger partial charge on any atom is 0.220 e. The molecule has 108 valence electrons. The van der Waals surface area contributed by atoms with E-state index in [1.54, 1.807) is 0 Å². The number of rotatable bonds is 3. The molecule has 0 bridgehead atoms. The normalized spacial score (nSPS) is 11.1. The van der Waals surface area contributed by atoms with E-state index in [4.69, 9.17) is 9.52 Å². The summed E-state index contributed by atoms with van der Waals surface area (Å²) in [7, 11) is 0. The van der Waals surface area contributed by atoms with Crippen LogP contribution in [0, 0.1) is 0 Å². The Balaban J connectivity index is 1.97. The van der Waals surface area contributed by atoms with E-state index in [1.165, 1.54) is 6.26 Å². The van der Waals surface area contributed by atoms with Crippen molar-refractivity contribution in [1.82, 2.24) is 14.8 Å². The zero-order valence-corrected chi connectivity index (χ0v) is 11.7. The first-order chi connectivity index (χ1) is 10.9. The summed E-state index contributed by atoms with van der Waals surface area (Å²) in [6.45, 7) is -0.225. The monoisotopic (exact) mass is 291 g/mol. The number of aliphatic hydroxyl groups excluding tert-OH is 1. The minimum absolute atomic E-state index is 0.225. The minimum atomic E-state index is -0.225. The van der Waals surface area contributed by atoms with Gasteiger partial charge in [-0.3, -0.25) is 0 Å². The fourth-order valence-corrected chi connectivity index (χ4v) is 2.51. The van der Waals surface area contributed by atoms with E-state index in [0.717, 1.165) is 22.3 Å². The van der Waals surface area contributed by atoms with Gasteiger partial charge in [-0.05, 0) is 18.2 Å². The molecule has 0 radical (unpaired) electrons. The Hall–Kier alpha value is -2.92. The quantitative estimate of drug-likeness (QED) is 0.629. The average molecular weight is 291 g/mol. The molecular formula is C17H13N3O2. The molecule has 0 aliphatic rings. The Kier molecular flexibility index (Phi) is 2.98. The third-order valence-electron chi connectivity index (χ3n) is 3.52. The van der Waals surface area contributed by atoms with Gasteiger partial charge in [0.1, 0.15) is 24.3 Å². The number of oxazole rings is 1. The van der Waals surface area contributed by atoms with Crippen LogP contribution in [0.5, 0.6) is 0 Å². The summed E-state index contributed by atoms with van der Waals surface area (Å²) in [5.74, 6) is 0.286. The van der Waals surface area contributed by atoms with Crippen LogP contribution in [0.4, 0.5) is 0 Å². The number of hydrogen-bond acceptors (Lipinski definition) is 4. The molecule has 0 saturated heterocycles. The van der Waals surface area contributed by atoms with Crippen molar-refractivity contribution in [2.24, 2.45) is 0 Å². The highest BCUT2D eigenvalue weighted by molar-refractivity contribution is 5.93. The van der Waals surface area contributed by atoms with Crippen LogP contribution in [-0.2, 0) is 6.61 Å². The van der Waals surface area contributed by atoms with E-state index < -0.39 is 0 Å². The van der Waals surface area contributed by atoms with Crippen LogP contribution in [0.1, 0.15) is 5.89 Å². The Morgan fingerprint density at radius 1 is 1.00 bits per heavy atom. The number of nitrogens with zero attached hydrogens (tertiary/aromatic N) is 3. The van der Waals surface area contributed by atoms with Crippen molar-refractivity contribution < 1.29 is 9.52 Å². The Bertz CT molecular complexity index is 925. The number of aliphatic hydroxyl groups is 1. The van der Waals surface area contributed by atoms with Gasteiger partial charge in [0, 0.05) is 5.39 Å². The predicted molar refractivity (Wildman–Crippen MR) is 82.5 cm³/mol. The van der Waals surface area contributed by atoms with Crippen molar-refractivity contribution in [2.45, 2.75) is 6.61 Å². The van der Waals surface area contributed by atoms with Crippen LogP contribution >= 0.6 is 0 Å². The van der Waals surface area contributed by atoms with Crippen molar-refractivity contribution in [3.8, 4) is 17.1 Å². The van der Waals surface area contributed by atoms with Gasteiger partial charge in [0.2, 0.25) is 5.89 Å². The standard InChI is InChI=1S/C17H13N3O2/c21-10-16-18-14(11-22-16)17-13-8-4-5-9-15(13)20(19-17)12-6-2-1-3-7-12/h1-9,11,21H,10H2. The second-order valence-corrected chi connectivity index (χ2v) is 4.90. The van der Waals surface area contributed by atoms with Crippen molar-refractivity contribution >= 4 is 10.9 Å². The molecule has 0 aliphatic heterocycles. The summed E-state index contributed by atoms with van der Waals surface area (Å²) in [4.78, 5) is 4.26. The van der Waals surface area contributed by atoms with Gasteiger partial charge in [0.05, 0.1) is 11.2 Å². The van der Waals surface area contributed by atoms with E-state index >= 15 is 0 Å². The fourth-order valence-electron chi connectivity index (χ4n) is 2.51. The van der Waals surface area contributed by atoms with Gasteiger partial charge in [0.25, 0.3) is 0 Å². The van der Waals surface area contributed by atoms with Crippen LogP contribution in [0.2, 0.25) is 0 Å². The number of hydrogen-bond donors (Lipinski definition) is 1. The summed E-state index contributed by atoms with van der Waals surface area (Å²) in [5.41, 5.74) is 3.34. The third kappa shape index (κ3) is 1.99. The molecule has 0 saturated carbocycles. The van der Waals surface area contributed by atoms with Gasteiger partial charge in [0.15, 0.2) is 0 Å². The van der Waals surface area contributed by atoms with Gasteiger partial charge in [-0.15, -0.1) is 0 Å². The summed E-state index contributed by atoms with van der Waals surface area (Å²) in [6.07, 6.45) is 1.52. The Morgan fingerprint density at radius 2 is 1.77 bits per heavy atom. The van der Waals surface area contributed by atoms with Crippen LogP contribution in [0.25, 0.3) is 28.0 Å². The molecule has 4 aromatic rings. The van der Waals surface area contributed by atoms with Crippen molar-refractivity contribution in [3.05, 3.63) is 66.8 Å².